The summed E-state index contributed by atoms with van der Waals surface area (Å²) in [5.74, 6) is -0.739. The van der Waals surface area contributed by atoms with Crippen molar-refractivity contribution in [2.75, 3.05) is 11.5 Å². The molecule has 3 aromatic rings. The molecule has 4 rings (SSSR count). The van der Waals surface area contributed by atoms with Crippen molar-refractivity contribution in [1.82, 2.24) is 10.6 Å². The predicted molar refractivity (Wildman–Crippen MR) is 137 cm³/mol. The van der Waals surface area contributed by atoms with Crippen LogP contribution >= 0.6 is 0 Å². The van der Waals surface area contributed by atoms with Gasteiger partial charge in [0, 0.05) is 23.2 Å². The lowest BCUT2D eigenvalue weighted by atomic mass is 10.1. The minimum atomic E-state index is -3.84. The van der Waals surface area contributed by atoms with Crippen molar-refractivity contribution < 1.29 is 30.8 Å². The maximum atomic E-state index is 13.0. The number of primary sulfonamides is 1. The molecule has 37 heavy (non-hydrogen) atoms. The smallest absolute Gasteiger partial charge is 0.268 e. The van der Waals surface area contributed by atoms with Gasteiger partial charge in [-0.25, -0.2) is 22.0 Å². The van der Waals surface area contributed by atoms with Crippen LogP contribution in [0.1, 0.15) is 28.1 Å². The van der Waals surface area contributed by atoms with E-state index in [1.54, 1.807) is 36.4 Å². The van der Waals surface area contributed by atoms with E-state index in [0.717, 1.165) is 5.56 Å². The molecule has 1 aliphatic rings. The van der Waals surface area contributed by atoms with Gasteiger partial charge in [-0.2, -0.15) is 0 Å². The molecule has 0 bridgehead atoms. The number of sulfone groups is 1. The molecular weight excluding hydrogens is 518 g/mol. The molecule has 2 aromatic carbocycles. The van der Waals surface area contributed by atoms with Crippen LogP contribution in [0.4, 0.5) is 0 Å². The van der Waals surface area contributed by atoms with Gasteiger partial charge in [0.25, 0.3) is 11.8 Å². The molecule has 0 radical (unpaired) electrons. The summed E-state index contributed by atoms with van der Waals surface area (Å²) in [5.41, 5.74) is 1.74. The summed E-state index contributed by atoms with van der Waals surface area (Å²) in [6.45, 7) is 1.88. The number of hydrogen-bond donors (Lipinski definition) is 3. The Morgan fingerprint density at radius 1 is 1.03 bits per heavy atom. The highest BCUT2D eigenvalue weighted by molar-refractivity contribution is 7.91. The number of carbonyl (C=O) groups excluding carboxylic acids is 2. The number of sulfonamides is 1. The van der Waals surface area contributed by atoms with E-state index in [1.165, 1.54) is 30.3 Å². The molecule has 1 aromatic heterocycles. The Morgan fingerprint density at radius 3 is 2.30 bits per heavy atom. The van der Waals surface area contributed by atoms with E-state index in [-0.39, 0.29) is 34.3 Å². The van der Waals surface area contributed by atoms with Crippen LogP contribution in [0.5, 0.6) is 0 Å². The summed E-state index contributed by atoms with van der Waals surface area (Å²) in [6.07, 6.45) is 1.62. The number of aryl methyl sites for hydroxylation is 1. The Labute approximate surface area is 214 Å². The van der Waals surface area contributed by atoms with Crippen molar-refractivity contribution in [3.8, 4) is 11.3 Å². The summed E-state index contributed by atoms with van der Waals surface area (Å²) in [4.78, 5) is 25.8. The Kier molecular flexibility index (Phi) is 7.35. The van der Waals surface area contributed by atoms with Crippen molar-refractivity contribution >= 4 is 37.8 Å². The lowest BCUT2D eigenvalue weighted by molar-refractivity contribution is -0.118. The largest absolute Gasteiger partial charge is 0.457 e. The second kappa shape index (κ2) is 10.3. The number of amides is 2. The van der Waals surface area contributed by atoms with E-state index in [1.807, 2.05) is 6.92 Å². The molecule has 0 aliphatic carbocycles. The molecule has 2 heterocycles. The fourth-order valence-corrected chi connectivity index (χ4v) is 5.96. The van der Waals surface area contributed by atoms with Crippen LogP contribution in [-0.4, -0.2) is 46.2 Å². The Hall–Kier alpha value is -3.74. The van der Waals surface area contributed by atoms with Crippen molar-refractivity contribution in [2.45, 2.75) is 24.3 Å². The third kappa shape index (κ3) is 6.73. The van der Waals surface area contributed by atoms with E-state index in [2.05, 4.69) is 10.6 Å². The molecule has 1 saturated heterocycles. The minimum absolute atomic E-state index is 0.0154. The predicted octanol–water partition coefficient (Wildman–Crippen LogP) is 1.98. The van der Waals surface area contributed by atoms with Crippen molar-refractivity contribution in [2.24, 2.45) is 5.14 Å². The third-order valence-electron chi connectivity index (χ3n) is 5.75. The van der Waals surface area contributed by atoms with Gasteiger partial charge in [0.1, 0.15) is 17.2 Å². The quantitative estimate of drug-likeness (QED) is 0.383. The van der Waals surface area contributed by atoms with E-state index in [4.69, 9.17) is 9.56 Å². The number of furan rings is 1. The number of rotatable bonds is 7. The van der Waals surface area contributed by atoms with Gasteiger partial charge in [-0.3, -0.25) is 9.59 Å². The van der Waals surface area contributed by atoms with Gasteiger partial charge < -0.3 is 15.1 Å². The lowest BCUT2D eigenvalue weighted by Gasteiger charge is -2.14. The normalized spacial score (nSPS) is 17.4. The fraction of sp³-hybridized carbons (Fsp3) is 0.200. The Morgan fingerprint density at radius 2 is 1.70 bits per heavy atom. The van der Waals surface area contributed by atoms with Crippen molar-refractivity contribution in [3.05, 3.63) is 83.2 Å². The van der Waals surface area contributed by atoms with Crippen LogP contribution in [-0.2, 0) is 24.7 Å². The van der Waals surface area contributed by atoms with Gasteiger partial charge in [-0.1, -0.05) is 17.7 Å². The lowest BCUT2D eigenvalue weighted by Crippen LogP contribution is -2.41. The van der Waals surface area contributed by atoms with Gasteiger partial charge >= 0.3 is 0 Å². The first-order valence-corrected chi connectivity index (χ1v) is 14.6. The highest BCUT2D eigenvalue weighted by atomic mass is 32.2. The zero-order valence-electron chi connectivity index (χ0n) is 19.8. The molecule has 1 aliphatic heterocycles. The number of carbonyl (C=O) groups is 2. The molecule has 194 valence electrons. The van der Waals surface area contributed by atoms with Gasteiger partial charge in [0.15, 0.2) is 9.84 Å². The summed E-state index contributed by atoms with van der Waals surface area (Å²) in [5, 5.41) is 10.4. The zero-order chi connectivity index (χ0) is 26.8. The second-order valence-corrected chi connectivity index (χ2v) is 12.5. The first-order chi connectivity index (χ1) is 17.4. The van der Waals surface area contributed by atoms with Crippen LogP contribution in [0, 0.1) is 6.92 Å². The number of nitrogens with two attached hydrogens (primary N) is 1. The average Bonchev–Trinajstić information content (AvgIpc) is 3.44. The molecule has 1 atom stereocenters. The summed E-state index contributed by atoms with van der Waals surface area (Å²) >= 11 is 0. The van der Waals surface area contributed by atoms with Crippen molar-refractivity contribution in [1.29, 1.82) is 0 Å². The monoisotopic (exact) mass is 543 g/mol. The first-order valence-electron chi connectivity index (χ1n) is 11.2. The summed E-state index contributed by atoms with van der Waals surface area (Å²) in [6, 6.07) is 15.2. The van der Waals surface area contributed by atoms with Gasteiger partial charge in [0.2, 0.25) is 10.0 Å². The van der Waals surface area contributed by atoms with Crippen LogP contribution in [0.25, 0.3) is 17.4 Å². The molecule has 0 spiro atoms. The SMILES string of the molecule is Cc1ccc(C(=O)N/C(=C\c2ccc(-c3ccc(S(N)(=O)=O)cc3)o2)C(=O)N[C@H]2CCS(=O)(=O)C2)cc1. The van der Waals surface area contributed by atoms with Crippen molar-refractivity contribution in [3.63, 3.8) is 0 Å². The van der Waals surface area contributed by atoms with Gasteiger partial charge in [0.05, 0.1) is 16.4 Å². The molecule has 10 nitrogen and oxygen atoms in total. The molecular formula is C25H25N3O7S2. The average molecular weight is 544 g/mol. The molecule has 1 fully saturated rings. The zero-order valence-corrected chi connectivity index (χ0v) is 21.4. The Balaban J connectivity index is 1.60. The molecule has 4 N–H and O–H groups in total. The third-order valence-corrected chi connectivity index (χ3v) is 8.45. The topological polar surface area (TPSA) is 166 Å². The maximum absolute atomic E-state index is 13.0. The number of benzene rings is 2. The van der Waals surface area contributed by atoms with Gasteiger partial charge in [-0.15, -0.1) is 0 Å². The second-order valence-electron chi connectivity index (χ2n) is 8.72. The molecule has 12 heteroatoms. The first kappa shape index (κ1) is 26.3. The molecule has 0 saturated carbocycles. The highest BCUT2D eigenvalue weighted by Crippen LogP contribution is 2.25. The number of hydrogen-bond acceptors (Lipinski definition) is 7. The van der Waals surface area contributed by atoms with Crippen LogP contribution in [0.15, 0.2) is 75.7 Å². The molecule has 0 unspecified atom stereocenters. The Bertz CT molecular complexity index is 1570. The maximum Gasteiger partial charge on any atom is 0.268 e. The standard InChI is InChI=1S/C25H25N3O7S2/c1-16-2-4-18(5-3-16)24(29)28-22(25(30)27-19-12-13-36(31,32)15-19)14-20-8-11-23(35-20)17-6-9-21(10-7-17)37(26,33)34/h2-11,14,19H,12-13,15H2,1H3,(H,27,30)(H,28,29)(H2,26,33,34)/b22-14-/t19-/m0/s1. The fourth-order valence-electron chi connectivity index (χ4n) is 3.77. The van der Waals surface area contributed by atoms with Crippen LogP contribution in [0.2, 0.25) is 0 Å². The van der Waals surface area contributed by atoms with E-state index < -0.39 is 37.7 Å². The molecule has 2 amide bonds. The van der Waals surface area contributed by atoms with Crippen LogP contribution in [0.3, 0.4) is 0 Å². The number of nitrogens with one attached hydrogen (secondary N) is 2. The van der Waals surface area contributed by atoms with E-state index in [0.29, 0.717) is 16.9 Å². The highest BCUT2D eigenvalue weighted by Gasteiger charge is 2.30. The van der Waals surface area contributed by atoms with Gasteiger partial charge in [-0.05, 0) is 61.9 Å². The van der Waals surface area contributed by atoms with E-state index >= 15 is 0 Å². The van der Waals surface area contributed by atoms with E-state index in [9.17, 15) is 26.4 Å². The minimum Gasteiger partial charge on any atom is -0.457 e. The van der Waals surface area contributed by atoms with Crippen LogP contribution < -0.4 is 15.8 Å². The summed E-state index contributed by atoms with van der Waals surface area (Å²) in [7, 11) is -7.06. The summed E-state index contributed by atoms with van der Waals surface area (Å²) < 4.78 is 52.3.